The molecule has 7 heteroatoms. The lowest BCUT2D eigenvalue weighted by molar-refractivity contribution is -0.122. The van der Waals surface area contributed by atoms with E-state index in [9.17, 15) is 13.2 Å². The Balaban J connectivity index is 1.83. The maximum atomic E-state index is 13.1. The van der Waals surface area contributed by atoms with Gasteiger partial charge >= 0.3 is 0 Å². The summed E-state index contributed by atoms with van der Waals surface area (Å²) in [7, 11) is -3.69. The maximum absolute atomic E-state index is 13.1. The summed E-state index contributed by atoms with van der Waals surface area (Å²) in [6.45, 7) is 4.51. The van der Waals surface area contributed by atoms with Gasteiger partial charge in [-0.1, -0.05) is 49.4 Å². The Morgan fingerprint density at radius 1 is 1.00 bits per heavy atom. The molecule has 0 fully saturated rings. The van der Waals surface area contributed by atoms with Gasteiger partial charge < -0.3 is 10.1 Å². The Labute approximate surface area is 183 Å². The van der Waals surface area contributed by atoms with Crippen molar-refractivity contribution in [1.29, 1.82) is 0 Å². The van der Waals surface area contributed by atoms with Crippen LogP contribution in [0.3, 0.4) is 0 Å². The van der Waals surface area contributed by atoms with Gasteiger partial charge in [0.05, 0.1) is 18.6 Å². The van der Waals surface area contributed by atoms with Gasteiger partial charge in [0.25, 0.3) is 0 Å². The van der Waals surface area contributed by atoms with Gasteiger partial charge in [-0.25, -0.2) is 8.42 Å². The number of anilines is 1. The lowest BCUT2D eigenvalue weighted by Crippen LogP contribution is -2.49. The average Bonchev–Trinajstić information content (AvgIpc) is 2.76. The summed E-state index contributed by atoms with van der Waals surface area (Å²) >= 11 is 0. The smallest absolute Gasteiger partial charge is 0.244 e. The van der Waals surface area contributed by atoms with Crippen molar-refractivity contribution in [2.24, 2.45) is 0 Å². The number of hydrogen-bond donors (Lipinski definition) is 1. The number of carbonyl (C=O) groups excluding carboxylic acids is 1. The fourth-order valence-corrected chi connectivity index (χ4v) is 4.87. The Hall–Kier alpha value is -3.06. The summed E-state index contributed by atoms with van der Waals surface area (Å²) in [5, 5.41) is 5.08. The van der Waals surface area contributed by atoms with Crippen LogP contribution in [-0.4, -0.2) is 33.2 Å². The van der Waals surface area contributed by atoms with Crippen molar-refractivity contribution in [3.05, 3.63) is 72.3 Å². The number of rotatable bonds is 9. The third-order valence-corrected chi connectivity index (χ3v) is 6.24. The van der Waals surface area contributed by atoms with Crippen molar-refractivity contribution in [2.45, 2.75) is 32.9 Å². The molecule has 31 heavy (non-hydrogen) atoms. The summed E-state index contributed by atoms with van der Waals surface area (Å²) in [5.74, 6) is 0.308. The second-order valence-corrected chi connectivity index (χ2v) is 9.13. The molecule has 0 saturated carbocycles. The average molecular weight is 441 g/mol. The van der Waals surface area contributed by atoms with Crippen LogP contribution in [0.4, 0.5) is 5.69 Å². The number of carbonyl (C=O) groups is 1. The number of hydrogen-bond acceptors (Lipinski definition) is 4. The van der Waals surface area contributed by atoms with Crippen LogP contribution in [0.15, 0.2) is 66.7 Å². The summed E-state index contributed by atoms with van der Waals surface area (Å²) in [6, 6.07) is 19.8. The summed E-state index contributed by atoms with van der Waals surface area (Å²) in [4.78, 5) is 13.1. The predicted molar refractivity (Wildman–Crippen MR) is 125 cm³/mol. The Kier molecular flexibility index (Phi) is 7.17. The largest absolute Gasteiger partial charge is 0.494 e. The van der Waals surface area contributed by atoms with Gasteiger partial charge in [0.15, 0.2) is 0 Å². The summed E-state index contributed by atoms with van der Waals surface area (Å²) in [6.07, 6.45) is 1.45. The number of nitrogens with zero attached hydrogens (tertiary/aromatic N) is 1. The number of ether oxygens (including phenoxy) is 1. The minimum absolute atomic E-state index is 0.317. The van der Waals surface area contributed by atoms with Gasteiger partial charge in [0.2, 0.25) is 15.9 Å². The van der Waals surface area contributed by atoms with Crippen LogP contribution in [0.2, 0.25) is 0 Å². The third-order valence-electron chi connectivity index (χ3n) is 5.06. The van der Waals surface area contributed by atoms with Crippen molar-refractivity contribution >= 4 is 32.4 Å². The molecular weight excluding hydrogens is 412 g/mol. The third kappa shape index (κ3) is 5.35. The summed E-state index contributed by atoms with van der Waals surface area (Å²) < 4.78 is 31.8. The molecule has 0 radical (unpaired) electrons. The highest BCUT2D eigenvalue weighted by Crippen LogP contribution is 2.25. The lowest BCUT2D eigenvalue weighted by Gasteiger charge is -2.30. The topological polar surface area (TPSA) is 75.7 Å². The molecule has 0 heterocycles. The molecule has 0 saturated heterocycles. The fourth-order valence-electron chi connectivity index (χ4n) is 3.66. The monoisotopic (exact) mass is 440 g/mol. The zero-order valence-electron chi connectivity index (χ0n) is 18.0. The molecule has 0 unspecified atom stereocenters. The molecule has 1 N–H and O–H groups in total. The zero-order valence-corrected chi connectivity index (χ0v) is 18.9. The number of fused-ring (bicyclic) bond motifs is 1. The maximum Gasteiger partial charge on any atom is 0.244 e. The van der Waals surface area contributed by atoms with Crippen LogP contribution >= 0.6 is 0 Å². The van der Waals surface area contributed by atoms with Crippen molar-refractivity contribution < 1.29 is 17.9 Å². The van der Waals surface area contributed by atoms with Gasteiger partial charge in [-0.15, -0.1) is 0 Å². The van der Waals surface area contributed by atoms with E-state index in [0.717, 1.165) is 22.6 Å². The molecule has 6 nitrogen and oxygen atoms in total. The summed E-state index contributed by atoms with van der Waals surface area (Å²) in [5.41, 5.74) is 1.41. The Morgan fingerprint density at radius 2 is 1.68 bits per heavy atom. The lowest BCUT2D eigenvalue weighted by atomic mass is 10.0. The van der Waals surface area contributed by atoms with Crippen molar-refractivity contribution in [1.82, 2.24) is 5.32 Å². The minimum Gasteiger partial charge on any atom is -0.494 e. The van der Waals surface area contributed by atoms with Gasteiger partial charge in [0, 0.05) is 6.54 Å². The van der Waals surface area contributed by atoms with E-state index in [1.165, 1.54) is 4.31 Å². The molecule has 164 valence electrons. The molecule has 0 aliphatic rings. The molecule has 0 aliphatic heterocycles. The Bertz CT molecular complexity index is 1140. The van der Waals surface area contributed by atoms with E-state index < -0.39 is 16.1 Å². The normalized spacial score (nSPS) is 12.4. The van der Waals surface area contributed by atoms with Gasteiger partial charge in [-0.05, 0) is 53.9 Å². The van der Waals surface area contributed by atoms with E-state index in [1.54, 1.807) is 31.2 Å². The molecule has 0 aromatic heterocycles. The minimum atomic E-state index is -3.69. The molecule has 0 aliphatic carbocycles. The van der Waals surface area contributed by atoms with Crippen LogP contribution in [0.5, 0.6) is 5.75 Å². The predicted octanol–water partition coefficient (Wildman–Crippen LogP) is 4.10. The highest BCUT2D eigenvalue weighted by Gasteiger charge is 2.31. The highest BCUT2D eigenvalue weighted by atomic mass is 32.2. The van der Waals surface area contributed by atoms with E-state index in [-0.39, 0.29) is 5.91 Å². The first kappa shape index (κ1) is 22.6. The number of benzene rings is 3. The number of nitrogens with one attached hydrogen (secondary N) is 1. The van der Waals surface area contributed by atoms with Crippen LogP contribution in [-0.2, 0) is 21.4 Å². The van der Waals surface area contributed by atoms with Gasteiger partial charge in [0.1, 0.15) is 11.8 Å². The van der Waals surface area contributed by atoms with E-state index in [0.29, 0.717) is 31.0 Å². The Morgan fingerprint density at radius 3 is 2.32 bits per heavy atom. The standard InChI is InChI=1S/C24H28N2O4S/c1-4-23(26(31(3,28)29)20-13-15-21(16-14-20)30-5-2)24(27)25-17-19-11-8-10-18-9-6-7-12-22(18)19/h6-16,23H,4-5,17H2,1-3H3,(H,25,27)/t23-/m0/s1. The second-order valence-electron chi connectivity index (χ2n) is 7.27. The number of amides is 1. The van der Waals surface area contributed by atoms with Crippen LogP contribution in [0.25, 0.3) is 10.8 Å². The van der Waals surface area contributed by atoms with Crippen molar-refractivity contribution in [3.63, 3.8) is 0 Å². The zero-order chi connectivity index (χ0) is 22.4. The van der Waals surface area contributed by atoms with Gasteiger partial charge in [-0.2, -0.15) is 0 Å². The second kappa shape index (κ2) is 9.83. The van der Waals surface area contributed by atoms with E-state index >= 15 is 0 Å². The molecule has 1 amide bonds. The number of sulfonamides is 1. The first-order chi connectivity index (χ1) is 14.8. The molecule has 3 rings (SSSR count). The van der Waals surface area contributed by atoms with Crippen LogP contribution in [0.1, 0.15) is 25.8 Å². The van der Waals surface area contributed by atoms with E-state index in [1.807, 2.05) is 49.4 Å². The molecule has 3 aromatic rings. The molecule has 0 spiro atoms. The van der Waals surface area contributed by atoms with Crippen LogP contribution in [0, 0.1) is 0 Å². The SMILES string of the molecule is CCOc1ccc(N([C@@H](CC)C(=O)NCc2cccc3ccccc23)S(C)(=O)=O)cc1. The molecule has 0 bridgehead atoms. The van der Waals surface area contributed by atoms with Gasteiger partial charge in [-0.3, -0.25) is 9.10 Å². The van der Waals surface area contributed by atoms with Crippen LogP contribution < -0.4 is 14.4 Å². The molecular formula is C24H28N2O4S. The highest BCUT2D eigenvalue weighted by molar-refractivity contribution is 7.92. The molecule has 1 atom stereocenters. The molecule has 3 aromatic carbocycles. The van der Waals surface area contributed by atoms with Crippen molar-refractivity contribution in [2.75, 3.05) is 17.2 Å². The quantitative estimate of drug-likeness (QED) is 0.544. The van der Waals surface area contributed by atoms with Crippen molar-refractivity contribution in [3.8, 4) is 5.75 Å². The van der Waals surface area contributed by atoms with E-state index in [4.69, 9.17) is 4.74 Å². The van der Waals surface area contributed by atoms with E-state index in [2.05, 4.69) is 5.32 Å². The first-order valence-corrected chi connectivity index (χ1v) is 12.2. The first-order valence-electron chi connectivity index (χ1n) is 10.3. The fraction of sp³-hybridized carbons (Fsp3) is 0.292.